The van der Waals surface area contributed by atoms with Crippen LogP contribution in [0.15, 0.2) is 32.7 Å². The molecular weight excluding hydrogens is 360 g/mol. The van der Waals surface area contributed by atoms with Crippen LogP contribution in [0.3, 0.4) is 0 Å². The number of nitrogens with one attached hydrogen (secondary N) is 2. The number of rotatable bonds is 6. The van der Waals surface area contributed by atoms with Gasteiger partial charge in [0.1, 0.15) is 0 Å². The van der Waals surface area contributed by atoms with Crippen molar-refractivity contribution in [1.82, 2.24) is 19.2 Å². The van der Waals surface area contributed by atoms with Crippen LogP contribution in [0.5, 0.6) is 0 Å². The van der Waals surface area contributed by atoms with E-state index in [1.807, 2.05) is 29.7 Å². The normalized spacial score (nSPS) is 26.1. The molecule has 0 bridgehead atoms. The molecule has 2 aromatic rings. The molecule has 0 radical (unpaired) electrons. The third-order valence-electron chi connectivity index (χ3n) is 6.26. The molecule has 1 aromatic carbocycles. The van der Waals surface area contributed by atoms with E-state index in [4.69, 9.17) is 0 Å². The quantitative estimate of drug-likeness (QED) is 0.746. The summed E-state index contributed by atoms with van der Waals surface area (Å²) in [6, 6.07) is 6.02. The molecule has 6 nitrogen and oxygen atoms in total. The fourth-order valence-corrected chi connectivity index (χ4v) is 4.59. The molecule has 1 aromatic heterocycles. The van der Waals surface area contributed by atoms with E-state index in [0.717, 1.165) is 10.4 Å². The molecule has 1 saturated heterocycles. The van der Waals surface area contributed by atoms with Crippen LogP contribution in [-0.4, -0.2) is 27.3 Å². The molecule has 2 heterocycles. The molecule has 2 aliphatic carbocycles. The van der Waals surface area contributed by atoms with E-state index in [2.05, 4.69) is 17.0 Å². The van der Waals surface area contributed by atoms with Gasteiger partial charge in [0.15, 0.2) is 0 Å². The fraction of sp³-hybridized carbons (Fsp3) is 0.600. The van der Waals surface area contributed by atoms with Gasteiger partial charge in [0.2, 0.25) is 0 Å². The highest BCUT2D eigenvalue weighted by Crippen LogP contribution is 2.38. The monoisotopic (exact) mass is 386 g/mol. The van der Waals surface area contributed by atoms with Crippen molar-refractivity contribution in [2.45, 2.75) is 68.6 Å². The molecule has 5 rings (SSSR count). The lowest BCUT2D eigenvalue weighted by Gasteiger charge is -2.36. The van der Waals surface area contributed by atoms with Crippen molar-refractivity contribution in [2.24, 2.45) is 5.92 Å². The maximum atomic E-state index is 13.2. The van der Waals surface area contributed by atoms with Crippen molar-refractivity contribution >= 4 is 22.9 Å². The summed E-state index contributed by atoms with van der Waals surface area (Å²) in [5.74, 6) is 0.569. The lowest BCUT2D eigenvalue weighted by Crippen LogP contribution is -2.58. The SMILES string of the molecule is CC1NCC1n1c(=O)c2cc(SNC3(C)CC3)ccc2n(CC2CC2)c1=O. The molecule has 7 heteroatoms. The van der Waals surface area contributed by atoms with Crippen molar-refractivity contribution in [3.05, 3.63) is 39.0 Å². The van der Waals surface area contributed by atoms with Crippen LogP contribution in [0.4, 0.5) is 0 Å². The Morgan fingerprint density at radius 1 is 1.30 bits per heavy atom. The second kappa shape index (κ2) is 6.22. The number of aromatic nitrogens is 2. The summed E-state index contributed by atoms with van der Waals surface area (Å²) in [6.07, 6.45) is 4.72. The van der Waals surface area contributed by atoms with Gasteiger partial charge in [-0.1, -0.05) is 0 Å². The molecule has 144 valence electrons. The molecule has 2 saturated carbocycles. The highest BCUT2D eigenvalue weighted by Gasteiger charge is 2.37. The van der Waals surface area contributed by atoms with Crippen molar-refractivity contribution < 1.29 is 0 Å². The van der Waals surface area contributed by atoms with Gasteiger partial charge in [-0.25, -0.2) is 4.79 Å². The van der Waals surface area contributed by atoms with Gasteiger partial charge in [-0.3, -0.25) is 18.7 Å². The Kier molecular flexibility index (Phi) is 4.04. The molecule has 2 atom stereocenters. The first kappa shape index (κ1) is 17.5. The summed E-state index contributed by atoms with van der Waals surface area (Å²) >= 11 is 1.59. The molecule has 27 heavy (non-hydrogen) atoms. The van der Waals surface area contributed by atoms with E-state index in [0.29, 0.717) is 24.4 Å². The Balaban J connectivity index is 1.62. The zero-order valence-corrected chi connectivity index (χ0v) is 16.6. The summed E-state index contributed by atoms with van der Waals surface area (Å²) in [7, 11) is 0. The zero-order valence-electron chi connectivity index (χ0n) is 15.8. The van der Waals surface area contributed by atoms with Crippen molar-refractivity contribution in [2.75, 3.05) is 6.54 Å². The van der Waals surface area contributed by atoms with Crippen LogP contribution < -0.4 is 21.3 Å². The van der Waals surface area contributed by atoms with Gasteiger partial charge in [0.05, 0.1) is 16.9 Å². The number of hydrogen-bond donors (Lipinski definition) is 2. The van der Waals surface area contributed by atoms with Gasteiger partial charge in [-0.05, 0) is 75.6 Å². The van der Waals surface area contributed by atoms with Crippen LogP contribution in [0.2, 0.25) is 0 Å². The first-order valence-corrected chi connectivity index (χ1v) is 10.7. The van der Waals surface area contributed by atoms with E-state index in [1.165, 1.54) is 30.3 Å². The van der Waals surface area contributed by atoms with Crippen LogP contribution in [0.25, 0.3) is 10.9 Å². The van der Waals surface area contributed by atoms with Crippen molar-refractivity contribution in [3.63, 3.8) is 0 Å². The first-order valence-electron chi connectivity index (χ1n) is 9.92. The van der Waals surface area contributed by atoms with Gasteiger partial charge in [-0.2, -0.15) is 0 Å². The minimum atomic E-state index is -0.152. The third-order valence-corrected chi connectivity index (χ3v) is 7.34. The van der Waals surface area contributed by atoms with Crippen LogP contribution in [0, 0.1) is 5.92 Å². The van der Waals surface area contributed by atoms with Gasteiger partial charge in [-0.15, -0.1) is 0 Å². The van der Waals surface area contributed by atoms with Crippen LogP contribution in [-0.2, 0) is 6.54 Å². The van der Waals surface area contributed by atoms with Crippen molar-refractivity contribution in [1.29, 1.82) is 0 Å². The molecule has 0 amide bonds. The molecule has 3 aliphatic rings. The largest absolute Gasteiger partial charge is 0.331 e. The summed E-state index contributed by atoms with van der Waals surface area (Å²) in [4.78, 5) is 27.4. The van der Waals surface area contributed by atoms with Gasteiger partial charge >= 0.3 is 5.69 Å². The van der Waals surface area contributed by atoms with Crippen molar-refractivity contribution in [3.8, 4) is 0 Å². The lowest BCUT2D eigenvalue weighted by atomic mass is 10.0. The summed E-state index contributed by atoms with van der Waals surface area (Å²) in [6.45, 7) is 5.64. The molecular formula is C20H26N4O2S. The molecule has 1 aliphatic heterocycles. The Morgan fingerprint density at radius 3 is 2.67 bits per heavy atom. The first-order chi connectivity index (χ1) is 13.0. The fourth-order valence-electron chi connectivity index (χ4n) is 3.71. The van der Waals surface area contributed by atoms with Crippen LogP contribution >= 0.6 is 11.9 Å². The summed E-state index contributed by atoms with van der Waals surface area (Å²) in [5.41, 5.74) is 0.690. The maximum absolute atomic E-state index is 13.2. The van der Waals surface area contributed by atoms with Gasteiger partial charge < -0.3 is 5.32 Å². The second-order valence-electron chi connectivity index (χ2n) is 8.72. The summed E-state index contributed by atoms with van der Waals surface area (Å²) < 4.78 is 6.83. The van der Waals surface area contributed by atoms with E-state index >= 15 is 0 Å². The topological polar surface area (TPSA) is 68.1 Å². The maximum Gasteiger partial charge on any atom is 0.331 e. The zero-order chi connectivity index (χ0) is 18.8. The molecule has 2 N–H and O–H groups in total. The number of benzene rings is 1. The predicted molar refractivity (Wildman–Crippen MR) is 108 cm³/mol. The number of fused-ring (bicyclic) bond motifs is 1. The Labute approximate surface area is 162 Å². The average Bonchev–Trinajstić information content (AvgIpc) is 3.58. The smallest absolute Gasteiger partial charge is 0.310 e. The van der Waals surface area contributed by atoms with E-state index in [9.17, 15) is 9.59 Å². The van der Waals surface area contributed by atoms with Crippen LogP contribution in [0.1, 0.15) is 45.6 Å². The van der Waals surface area contributed by atoms with E-state index in [-0.39, 0.29) is 28.9 Å². The summed E-state index contributed by atoms with van der Waals surface area (Å²) in [5, 5.41) is 3.92. The molecule has 3 fully saturated rings. The minimum absolute atomic E-state index is 0.0559. The van der Waals surface area contributed by atoms with E-state index < -0.39 is 0 Å². The molecule has 0 spiro atoms. The lowest BCUT2D eigenvalue weighted by molar-refractivity contribution is 0.237. The average molecular weight is 387 g/mol. The standard InChI is InChI=1S/C20H26N4O2S/c1-12-17(10-21-12)24-18(25)15-9-14(27-22-20(2)7-8-20)5-6-16(15)23(19(24)26)11-13-3-4-13/h5-6,9,12-13,17,21-22H,3-4,7-8,10-11H2,1-2H3. The Hall–Kier alpha value is -1.57. The Bertz CT molecular complexity index is 1020. The predicted octanol–water partition coefficient (Wildman–Crippen LogP) is 2.26. The minimum Gasteiger partial charge on any atom is -0.310 e. The highest BCUT2D eigenvalue weighted by molar-refractivity contribution is 7.97. The Morgan fingerprint density at radius 2 is 2.07 bits per heavy atom. The van der Waals surface area contributed by atoms with Gasteiger partial charge in [0, 0.05) is 29.6 Å². The third kappa shape index (κ3) is 3.15. The van der Waals surface area contributed by atoms with Gasteiger partial charge in [0.25, 0.3) is 5.56 Å². The second-order valence-corrected chi connectivity index (χ2v) is 9.60. The highest BCUT2D eigenvalue weighted by atomic mass is 32.2. The number of hydrogen-bond acceptors (Lipinski definition) is 5. The van der Waals surface area contributed by atoms with E-state index in [1.54, 1.807) is 11.9 Å². The number of nitrogens with zero attached hydrogens (tertiary/aromatic N) is 2. The molecule has 2 unspecified atom stereocenters.